The smallest absolute Gasteiger partial charge is 0.337 e. The summed E-state index contributed by atoms with van der Waals surface area (Å²) in [7, 11) is 2.81. The number of methoxy groups -OCH3 is 2. The van der Waals surface area contributed by atoms with Crippen LogP contribution in [0.25, 0.3) is 22.2 Å². The maximum atomic E-state index is 14.7. The molecule has 188 valence electrons. The van der Waals surface area contributed by atoms with Gasteiger partial charge in [0.05, 0.1) is 37.2 Å². The molecule has 5 rings (SSSR count). The lowest BCUT2D eigenvalue weighted by Gasteiger charge is -2.12. The number of aromatic amines is 1. The molecule has 1 fully saturated rings. The molecule has 0 saturated carbocycles. The maximum Gasteiger partial charge on any atom is 0.337 e. The third kappa shape index (κ3) is 5.36. The van der Waals surface area contributed by atoms with Crippen LogP contribution in [-0.4, -0.2) is 63.2 Å². The minimum atomic E-state index is -1.13. The molecule has 3 heterocycles. The van der Waals surface area contributed by atoms with Crippen LogP contribution >= 0.6 is 0 Å². The summed E-state index contributed by atoms with van der Waals surface area (Å²) in [6.07, 6.45) is 7.27. The monoisotopic (exact) mass is 494 g/mol. The van der Waals surface area contributed by atoms with Crippen molar-refractivity contribution in [2.24, 2.45) is 0 Å². The number of nitrogen functional groups attached to an aromatic ring is 1. The summed E-state index contributed by atoms with van der Waals surface area (Å²) < 4.78 is 24.9. The summed E-state index contributed by atoms with van der Waals surface area (Å²) in [6, 6.07) is 5.80. The number of halogens is 1. The van der Waals surface area contributed by atoms with E-state index in [1.807, 2.05) is 6.20 Å². The van der Waals surface area contributed by atoms with E-state index in [0.717, 1.165) is 12.2 Å². The van der Waals surface area contributed by atoms with Gasteiger partial charge < -0.3 is 25.3 Å². The topological polar surface area (TPSA) is 139 Å². The Kier molecular flexibility index (Phi) is 7.59. The molecular weight excluding hydrogens is 467 g/mol. The molecule has 2 aromatic carbocycles. The zero-order valence-electron chi connectivity index (χ0n) is 20.0. The lowest BCUT2D eigenvalue weighted by molar-refractivity contribution is 0.0699. The summed E-state index contributed by atoms with van der Waals surface area (Å²) in [4.78, 5) is 29.0. The van der Waals surface area contributed by atoms with Crippen LogP contribution in [0.15, 0.2) is 42.9 Å². The van der Waals surface area contributed by atoms with Gasteiger partial charge in [-0.25, -0.2) is 14.2 Å². The predicted octanol–water partition coefficient (Wildman–Crippen LogP) is 3.74. The quantitative estimate of drug-likeness (QED) is 0.366. The van der Waals surface area contributed by atoms with Gasteiger partial charge in [-0.05, 0) is 38.1 Å². The summed E-state index contributed by atoms with van der Waals surface area (Å²) >= 11 is 0. The molecule has 1 aliphatic heterocycles. The summed E-state index contributed by atoms with van der Waals surface area (Å²) in [5.41, 5.74) is 7.64. The third-order valence-corrected chi connectivity index (χ3v) is 5.85. The first-order valence-electron chi connectivity index (χ1n) is 11.3. The van der Waals surface area contributed by atoms with Crippen molar-refractivity contribution in [1.82, 2.24) is 24.8 Å². The Balaban J connectivity index is 0.000000211. The van der Waals surface area contributed by atoms with E-state index in [0.29, 0.717) is 17.3 Å². The number of H-pyrrole nitrogens is 1. The molecular formula is C25H27FN6O4. The zero-order chi connectivity index (χ0) is 25.7. The van der Waals surface area contributed by atoms with Gasteiger partial charge in [-0.3, -0.25) is 14.9 Å². The van der Waals surface area contributed by atoms with Gasteiger partial charge in [0.2, 0.25) is 0 Å². The van der Waals surface area contributed by atoms with Gasteiger partial charge in [0.25, 0.3) is 0 Å². The van der Waals surface area contributed by atoms with Crippen molar-refractivity contribution >= 4 is 23.0 Å². The molecule has 1 saturated heterocycles. The molecule has 11 heteroatoms. The molecule has 0 bridgehead atoms. The predicted molar refractivity (Wildman–Crippen MR) is 133 cm³/mol. The van der Waals surface area contributed by atoms with E-state index in [2.05, 4.69) is 24.8 Å². The number of imidazole rings is 1. The molecule has 0 aliphatic carbocycles. The number of likely N-dealkylation sites (tertiary alicyclic amines) is 1. The van der Waals surface area contributed by atoms with Crippen LogP contribution in [0.1, 0.15) is 28.9 Å². The van der Waals surface area contributed by atoms with Gasteiger partial charge in [0.15, 0.2) is 17.5 Å². The van der Waals surface area contributed by atoms with Crippen LogP contribution in [0.5, 0.6) is 11.5 Å². The standard InChI is InChI=1S/C17H13FN2O4.C8H14N4/c1-23-9-7-12(14(18)13(8-9)24-2)10-3-4-11(17(21)22)16-15(10)19-5-6-20-16;9-8-10-5-7(11-8)6-12-3-1-2-4-12/h3-8H,1-2H3,(H,21,22);5H,1-4,6H2,(H3,9,10,11). The number of nitrogens with one attached hydrogen (secondary N) is 1. The molecule has 1 aliphatic rings. The van der Waals surface area contributed by atoms with Gasteiger partial charge >= 0.3 is 5.97 Å². The average Bonchev–Trinajstić information content (AvgIpc) is 3.55. The Hall–Kier alpha value is -4.25. The summed E-state index contributed by atoms with van der Waals surface area (Å²) in [6.45, 7) is 3.38. The summed E-state index contributed by atoms with van der Waals surface area (Å²) in [5.74, 6) is -0.778. The van der Waals surface area contributed by atoms with E-state index in [1.165, 1.54) is 76.8 Å². The van der Waals surface area contributed by atoms with Crippen LogP contribution < -0.4 is 15.2 Å². The molecule has 0 unspecified atom stereocenters. The molecule has 0 radical (unpaired) electrons. The van der Waals surface area contributed by atoms with Crippen LogP contribution in [0.4, 0.5) is 10.3 Å². The Morgan fingerprint density at radius 1 is 1.08 bits per heavy atom. The number of fused-ring (bicyclic) bond motifs is 1. The first-order chi connectivity index (χ1) is 17.4. The van der Waals surface area contributed by atoms with E-state index in [9.17, 15) is 14.3 Å². The van der Waals surface area contributed by atoms with Crippen molar-refractivity contribution in [3.05, 3.63) is 59.9 Å². The molecule has 10 nitrogen and oxygen atoms in total. The van der Waals surface area contributed by atoms with Gasteiger partial charge in [-0.2, -0.15) is 0 Å². The minimum Gasteiger partial charge on any atom is -0.497 e. The molecule has 0 spiro atoms. The maximum absolute atomic E-state index is 14.7. The first kappa shape index (κ1) is 24.9. The number of hydrogen-bond acceptors (Lipinski definition) is 8. The highest BCUT2D eigenvalue weighted by Gasteiger charge is 2.19. The second-order valence-electron chi connectivity index (χ2n) is 8.19. The van der Waals surface area contributed by atoms with Crippen molar-refractivity contribution in [3.63, 3.8) is 0 Å². The Labute approximate surface area is 206 Å². The van der Waals surface area contributed by atoms with Gasteiger partial charge in [0.1, 0.15) is 11.3 Å². The SMILES string of the molecule is COc1cc(OC)c(F)c(-c2ccc(C(=O)O)c3nccnc23)c1.Nc1ncc(CN2CCCC2)[nH]1. The number of nitrogens with two attached hydrogens (primary N) is 1. The molecule has 36 heavy (non-hydrogen) atoms. The fourth-order valence-corrected chi connectivity index (χ4v) is 4.12. The number of carboxylic acids is 1. The normalized spacial score (nSPS) is 13.3. The summed E-state index contributed by atoms with van der Waals surface area (Å²) in [5, 5.41) is 9.28. The molecule has 0 atom stereocenters. The zero-order valence-corrected chi connectivity index (χ0v) is 20.0. The second-order valence-corrected chi connectivity index (χ2v) is 8.19. The number of carbonyl (C=O) groups is 1. The molecule has 2 aromatic heterocycles. The average molecular weight is 495 g/mol. The first-order valence-corrected chi connectivity index (χ1v) is 11.3. The van der Waals surface area contributed by atoms with Crippen LogP contribution in [0, 0.1) is 5.82 Å². The van der Waals surface area contributed by atoms with E-state index >= 15 is 0 Å². The van der Waals surface area contributed by atoms with Gasteiger partial charge in [-0.15, -0.1) is 0 Å². The van der Waals surface area contributed by atoms with Crippen molar-refractivity contribution in [2.75, 3.05) is 33.0 Å². The fraction of sp³-hybridized carbons (Fsp3) is 0.280. The number of anilines is 1. The Morgan fingerprint density at radius 3 is 2.42 bits per heavy atom. The van der Waals surface area contributed by atoms with Crippen molar-refractivity contribution in [3.8, 4) is 22.6 Å². The number of benzene rings is 2. The molecule has 4 N–H and O–H groups in total. The second kappa shape index (κ2) is 11.0. The van der Waals surface area contributed by atoms with Gasteiger partial charge in [0, 0.05) is 36.1 Å². The number of hydrogen-bond donors (Lipinski definition) is 3. The Morgan fingerprint density at radius 2 is 1.81 bits per heavy atom. The minimum absolute atomic E-state index is 0.00267. The highest BCUT2D eigenvalue weighted by molar-refractivity contribution is 6.05. The van der Waals surface area contributed by atoms with Crippen LogP contribution in [0.3, 0.4) is 0 Å². The number of aromatic carboxylic acids is 1. The van der Waals surface area contributed by atoms with Crippen molar-refractivity contribution in [1.29, 1.82) is 0 Å². The van der Waals surface area contributed by atoms with Crippen LogP contribution in [0.2, 0.25) is 0 Å². The number of ether oxygens (including phenoxy) is 2. The number of carboxylic acid groups (broad SMARTS) is 1. The molecule has 0 amide bonds. The highest BCUT2D eigenvalue weighted by atomic mass is 19.1. The number of rotatable bonds is 6. The van der Waals surface area contributed by atoms with Crippen LogP contribution in [-0.2, 0) is 6.54 Å². The van der Waals surface area contributed by atoms with Crippen molar-refractivity contribution in [2.45, 2.75) is 19.4 Å². The molecule has 4 aromatic rings. The van der Waals surface area contributed by atoms with E-state index in [1.54, 1.807) is 0 Å². The largest absolute Gasteiger partial charge is 0.497 e. The lowest BCUT2D eigenvalue weighted by atomic mass is 10.00. The lowest BCUT2D eigenvalue weighted by Crippen LogP contribution is -2.18. The highest BCUT2D eigenvalue weighted by Crippen LogP contribution is 2.37. The third-order valence-electron chi connectivity index (χ3n) is 5.85. The number of nitrogens with zero attached hydrogens (tertiary/aromatic N) is 4. The van der Waals surface area contributed by atoms with Crippen molar-refractivity contribution < 1.29 is 23.8 Å². The Bertz CT molecular complexity index is 1370. The fourth-order valence-electron chi connectivity index (χ4n) is 4.12. The van der Waals surface area contributed by atoms with E-state index in [4.69, 9.17) is 15.2 Å². The van der Waals surface area contributed by atoms with E-state index < -0.39 is 11.8 Å². The number of aromatic nitrogens is 4. The van der Waals surface area contributed by atoms with Gasteiger partial charge in [-0.1, -0.05) is 6.07 Å². The van der Waals surface area contributed by atoms with E-state index in [-0.39, 0.29) is 27.9 Å².